The Kier molecular flexibility index (Phi) is 4.62. The van der Waals surface area contributed by atoms with E-state index in [0.29, 0.717) is 18.2 Å². The van der Waals surface area contributed by atoms with Gasteiger partial charge in [0, 0.05) is 25.2 Å². The topological polar surface area (TPSA) is 38.5 Å². The quantitative estimate of drug-likeness (QED) is 0.729. The number of ether oxygens (including phenoxy) is 1. The Bertz CT molecular complexity index is 210. The van der Waals surface area contributed by atoms with Crippen LogP contribution in [0.15, 0.2) is 0 Å². The fraction of sp³-hybridized carbons (Fsp3) is 1.00. The Morgan fingerprint density at radius 2 is 2.06 bits per heavy atom. The zero-order chi connectivity index (χ0) is 11.4. The maximum Gasteiger partial charge on any atom is 0.0700 e. The first-order chi connectivity index (χ1) is 7.81. The van der Waals surface area contributed by atoms with Crippen molar-refractivity contribution < 1.29 is 4.74 Å². The van der Waals surface area contributed by atoms with E-state index >= 15 is 0 Å². The molecule has 0 aromatic heterocycles. The van der Waals surface area contributed by atoms with Crippen LogP contribution < -0.4 is 5.73 Å². The molecule has 2 fully saturated rings. The first-order valence-corrected chi connectivity index (χ1v) is 6.92. The fourth-order valence-electron chi connectivity index (χ4n) is 3.06. The molecule has 0 aromatic carbocycles. The van der Waals surface area contributed by atoms with E-state index in [1.807, 2.05) is 0 Å². The van der Waals surface area contributed by atoms with E-state index in [1.54, 1.807) is 0 Å². The second kappa shape index (κ2) is 5.99. The SMILES string of the molecule is CCC1CN(C2CCCCCC2N)CCO1. The van der Waals surface area contributed by atoms with E-state index in [4.69, 9.17) is 10.5 Å². The van der Waals surface area contributed by atoms with E-state index < -0.39 is 0 Å². The summed E-state index contributed by atoms with van der Waals surface area (Å²) in [5.41, 5.74) is 6.31. The van der Waals surface area contributed by atoms with Gasteiger partial charge in [-0.2, -0.15) is 0 Å². The molecule has 0 bridgehead atoms. The van der Waals surface area contributed by atoms with Crippen LogP contribution in [0.1, 0.15) is 45.4 Å². The summed E-state index contributed by atoms with van der Waals surface area (Å²) in [6, 6.07) is 0.999. The molecule has 1 aliphatic carbocycles. The number of morpholine rings is 1. The minimum atomic E-state index is 0.387. The number of hydrogen-bond donors (Lipinski definition) is 1. The van der Waals surface area contributed by atoms with Gasteiger partial charge in [0.25, 0.3) is 0 Å². The van der Waals surface area contributed by atoms with Gasteiger partial charge in [0.15, 0.2) is 0 Å². The molecule has 0 spiro atoms. The van der Waals surface area contributed by atoms with Gasteiger partial charge in [0.1, 0.15) is 0 Å². The predicted octanol–water partition coefficient (Wildman–Crippen LogP) is 1.76. The zero-order valence-electron chi connectivity index (χ0n) is 10.5. The molecule has 2 N–H and O–H groups in total. The van der Waals surface area contributed by atoms with Crippen molar-refractivity contribution in [2.45, 2.75) is 63.6 Å². The van der Waals surface area contributed by atoms with Gasteiger partial charge in [0.05, 0.1) is 12.7 Å². The van der Waals surface area contributed by atoms with Crippen LogP contribution in [0, 0.1) is 0 Å². The number of nitrogens with two attached hydrogens (primary N) is 1. The lowest BCUT2D eigenvalue weighted by atomic mass is 10.0. The summed E-state index contributed by atoms with van der Waals surface area (Å²) in [6.45, 7) is 5.27. The van der Waals surface area contributed by atoms with Crippen molar-refractivity contribution in [2.24, 2.45) is 5.73 Å². The van der Waals surface area contributed by atoms with E-state index in [0.717, 1.165) is 26.1 Å². The van der Waals surface area contributed by atoms with Gasteiger partial charge in [-0.25, -0.2) is 0 Å². The lowest BCUT2D eigenvalue weighted by Gasteiger charge is -2.40. The Morgan fingerprint density at radius 1 is 1.25 bits per heavy atom. The third-order valence-electron chi connectivity index (χ3n) is 4.13. The highest BCUT2D eigenvalue weighted by atomic mass is 16.5. The molecular weight excluding hydrogens is 200 g/mol. The third kappa shape index (κ3) is 2.96. The van der Waals surface area contributed by atoms with Gasteiger partial charge in [-0.05, 0) is 19.3 Å². The first kappa shape index (κ1) is 12.3. The standard InChI is InChI=1S/C13H26N2O/c1-2-11-10-15(8-9-16-11)13-7-5-3-4-6-12(13)14/h11-13H,2-10,14H2,1H3. The van der Waals surface area contributed by atoms with Crippen molar-refractivity contribution in [3.05, 3.63) is 0 Å². The normalized spacial score (nSPS) is 38.2. The average Bonchev–Trinajstić information content (AvgIpc) is 2.54. The minimum Gasteiger partial charge on any atom is -0.376 e. The molecule has 0 radical (unpaired) electrons. The fourth-order valence-corrected chi connectivity index (χ4v) is 3.06. The molecule has 2 rings (SSSR count). The Morgan fingerprint density at radius 3 is 2.88 bits per heavy atom. The lowest BCUT2D eigenvalue weighted by molar-refractivity contribution is -0.0486. The van der Waals surface area contributed by atoms with Gasteiger partial charge in [-0.3, -0.25) is 4.90 Å². The summed E-state index contributed by atoms with van der Waals surface area (Å²) < 4.78 is 5.73. The van der Waals surface area contributed by atoms with E-state index in [9.17, 15) is 0 Å². The second-order valence-corrected chi connectivity index (χ2v) is 5.27. The van der Waals surface area contributed by atoms with E-state index in [-0.39, 0.29) is 0 Å². The maximum atomic E-state index is 6.31. The summed E-state index contributed by atoms with van der Waals surface area (Å²) in [5, 5.41) is 0. The van der Waals surface area contributed by atoms with Crippen LogP contribution in [0.2, 0.25) is 0 Å². The van der Waals surface area contributed by atoms with Crippen LogP contribution in [0.25, 0.3) is 0 Å². The summed E-state index contributed by atoms with van der Waals surface area (Å²) in [5.74, 6) is 0. The first-order valence-electron chi connectivity index (χ1n) is 6.92. The Labute approximate surface area is 99.3 Å². The van der Waals surface area contributed by atoms with Gasteiger partial charge in [-0.1, -0.05) is 26.2 Å². The minimum absolute atomic E-state index is 0.387. The van der Waals surface area contributed by atoms with Gasteiger partial charge < -0.3 is 10.5 Å². The van der Waals surface area contributed by atoms with Crippen LogP contribution in [0.4, 0.5) is 0 Å². The molecule has 16 heavy (non-hydrogen) atoms. The highest BCUT2D eigenvalue weighted by Crippen LogP contribution is 2.23. The highest BCUT2D eigenvalue weighted by molar-refractivity contribution is 4.87. The van der Waals surface area contributed by atoms with Crippen molar-refractivity contribution >= 4 is 0 Å². The Hall–Kier alpha value is -0.120. The van der Waals surface area contributed by atoms with Crippen molar-refractivity contribution in [3.63, 3.8) is 0 Å². The summed E-state index contributed by atoms with van der Waals surface area (Å²) in [6.07, 6.45) is 8.09. The monoisotopic (exact) mass is 226 g/mol. The Balaban J connectivity index is 1.93. The molecule has 1 saturated heterocycles. The summed E-state index contributed by atoms with van der Waals surface area (Å²) >= 11 is 0. The highest BCUT2D eigenvalue weighted by Gasteiger charge is 2.30. The second-order valence-electron chi connectivity index (χ2n) is 5.27. The molecular formula is C13H26N2O. The van der Waals surface area contributed by atoms with Gasteiger partial charge >= 0.3 is 0 Å². The molecule has 1 aliphatic heterocycles. The average molecular weight is 226 g/mol. The van der Waals surface area contributed by atoms with Crippen LogP contribution in [-0.4, -0.2) is 42.8 Å². The molecule has 3 atom stereocenters. The van der Waals surface area contributed by atoms with Gasteiger partial charge in [-0.15, -0.1) is 0 Å². The molecule has 1 heterocycles. The molecule has 2 aliphatic rings. The molecule has 1 saturated carbocycles. The molecule has 94 valence electrons. The predicted molar refractivity (Wildman–Crippen MR) is 66.5 cm³/mol. The third-order valence-corrected chi connectivity index (χ3v) is 4.13. The van der Waals surface area contributed by atoms with Gasteiger partial charge in [0.2, 0.25) is 0 Å². The molecule has 0 aromatic rings. The van der Waals surface area contributed by atoms with E-state index in [2.05, 4.69) is 11.8 Å². The van der Waals surface area contributed by atoms with Crippen LogP contribution in [0.5, 0.6) is 0 Å². The van der Waals surface area contributed by atoms with Crippen molar-refractivity contribution in [1.82, 2.24) is 4.90 Å². The summed E-state index contributed by atoms with van der Waals surface area (Å²) in [4.78, 5) is 2.59. The molecule has 3 heteroatoms. The van der Waals surface area contributed by atoms with Crippen LogP contribution in [0.3, 0.4) is 0 Å². The smallest absolute Gasteiger partial charge is 0.0700 e. The molecule has 3 nitrogen and oxygen atoms in total. The maximum absolute atomic E-state index is 6.31. The van der Waals surface area contributed by atoms with E-state index in [1.165, 1.54) is 32.1 Å². The van der Waals surface area contributed by atoms with Crippen molar-refractivity contribution in [1.29, 1.82) is 0 Å². The van der Waals surface area contributed by atoms with Crippen LogP contribution in [-0.2, 0) is 4.74 Å². The largest absolute Gasteiger partial charge is 0.376 e. The van der Waals surface area contributed by atoms with Crippen molar-refractivity contribution in [3.8, 4) is 0 Å². The number of nitrogens with zero attached hydrogens (tertiary/aromatic N) is 1. The zero-order valence-corrected chi connectivity index (χ0v) is 10.5. The number of hydrogen-bond acceptors (Lipinski definition) is 3. The lowest BCUT2D eigenvalue weighted by Crippen LogP contribution is -2.53. The van der Waals surface area contributed by atoms with Crippen molar-refractivity contribution in [2.75, 3.05) is 19.7 Å². The molecule has 0 amide bonds. The van der Waals surface area contributed by atoms with Crippen LogP contribution >= 0.6 is 0 Å². The number of rotatable bonds is 2. The molecule has 3 unspecified atom stereocenters. The summed E-state index contributed by atoms with van der Waals surface area (Å²) in [7, 11) is 0.